The third-order valence-electron chi connectivity index (χ3n) is 3.11. The van der Waals surface area contributed by atoms with E-state index in [4.69, 9.17) is 0 Å². The van der Waals surface area contributed by atoms with Gasteiger partial charge in [0.05, 0.1) is 0 Å². The molecule has 1 saturated heterocycles. The van der Waals surface area contributed by atoms with E-state index < -0.39 is 11.5 Å². The summed E-state index contributed by atoms with van der Waals surface area (Å²) in [4.78, 5) is 23.5. The Morgan fingerprint density at radius 1 is 1.37 bits per heavy atom. The minimum absolute atomic E-state index is 0. The van der Waals surface area contributed by atoms with Gasteiger partial charge in [0.2, 0.25) is 11.8 Å². The molecule has 19 heavy (non-hydrogen) atoms. The van der Waals surface area contributed by atoms with Gasteiger partial charge >= 0.3 is 0 Å². The summed E-state index contributed by atoms with van der Waals surface area (Å²) in [6, 6.07) is -0.113. The number of hydrogen-bond donors (Lipinski definition) is 3. The molecule has 6 heteroatoms. The average Bonchev–Trinajstić information content (AvgIpc) is 2.77. The summed E-state index contributed by atoms with van der Waals surface area (Å²) in [7, 11) is 0. The van der Waals surface area contributed by atoms with Crippen LogP contribution in [-0.4, -0.2) is 37.0 Å². The Morgan fingerprint density at radius 2 is 2.00 bits per heavy atom. The molecule has 0 aromatic carbocycles. The van der Waals surface area contributed by atoms with Crippen LogP contribution in [0.5, 0.6) is 0 Å². The van der Waals surface area contributed by atoms with Crippen molar-refractivity contribution in [2.45, 2.75) is 52.6 Å². The van der Waals surface area contributed by atoms with Crippen LogP contribution in [0.4, 0.5) is 0 Å². The normalized spacial score (nSPS) is 20.3. The topological polar surface area (TPSA) is 70.2 Å². The number of amides is 2. The Kier molecular flexibility index (Phi) is 7.37. The van der Waals surface area contributed by atoms with Gasteiger partial charge < -0.3 is 16.0 Å². The van der Waals surface area contributed by atoms with Crippen molar-refractivity contribution in [3.63, 3.8) is 0 Å². The van der Waals surface area contributed by atoms with Gasteiger partial charge in [0.15, 0.2) is 0 Å². The molecule has 0 saturated carbocycles. The summed E-state index contributed by atoms with van der Waals surface area (Å²) in [5, 5.41) is 8.90. The molecule has 0 radical (unpaired) electrons. The van der Waals surface area contributed by atoms with E-state index in [2.05, 4.69) is 16.0 Å². The number of carbonyl (C=O) groups excluding carboxylic acids is 2. The maximum absolute atomic E-state index is 11.8. The van der Waals surface area contributed by atoms with Gasteiger partial charge in [-0.3, -0.25) is 9.59 Å². The molecule has 1 aliphatic rings. The molecule has 0 aromatic heterocycles. The maximum atomic E-state index is 11.8. The van der Waals surface area contributed by atoms with Crippen LogP contribution in [0.3, 0.4) is 0 Å². The van der Waals surface area contributed by atoms with E-state index in [1.54, 1.807) is 6.92 Å². The number of nitrogens with one attached hydrogen (secondary N) is 3. The van der Waals surface area contributed by atoms with Gasteiger partial charge in [0.25, 0.3) is 0 Å². The van der Waals surface area contributed by atoms with E-state index in [-0.39, 0.29) is 24.2 Å². The van der Waals surface area contributed by atoms with E-state index in [0.717, 1.165) is 19.4 Å². The standard InChI is InChI=1S/C13H25N3O2.ClH/c1-9(16-12(18)13(2,3)4)11(17)15-8-10-6-5-7-14-10;/h9-10,14H,5-8H2,1-4H3,(H,15,17)(H,16,18);1H. The molecule has 2 atom stereocenters. The maximum Gasteiger partial charge on any atom is 0.242 e. The predicted octanol–water partition coefficient (Wildman–Crippen LogP) is 0.827. The molecule has 112 valence electrons. The molecule has 0 spiro atoms. The first-order valence-corrected chi connectivity index (χ1v) is 6.63. The van der Waals surface area contributed by atoms with Crippen LogP contribution < -0.4 is 16.0 Å². The van der Waals surface area contributed by atoms with Crippen LogP contribution in [0.15, 0.2) is 0 Å². The molecule has 1 fully saturated rings. The lowest BCUT2D eigenvalue weighted by Crippen LogP contribution is -2.50. The van der Waals surface area contributed by atoms with Gasteiger partial charge in [-0.05, 0) is 26.3 Å². The monoisotopic (exact) mass is 291 g/mol. The van der Waals surface area contributed by atoms with Crippen LogP contribution in [0.2, 0.25) is 0 Å². The van der Waals surface area contributed by atoms with Crippen LogP contribution >= 0.6 is 12.4 Å². The fraction of sp³-hybridized carbons (Fsp3) is 0.846. The fourth-order valence-corrected chi connectivity index (χ4v) is 1.79. The predicted molar refractivity (Wildman–Crippen MR) is 78.3 cm³/mol. The zero-order valence-electron chi connectivity index (χ0n) is 12.2. The smallest absolute Gasteiger partial charge is 0.242 e. The zero-order chi connectivity index (χ0) is 13.8. The van der Waals surface area contributed by atoms with E-state index in [0.29, 0.717) is 12.6 Å². The SMILES string of the molecule is CC(NC(=O)C(C)(C)C)C(=O)NCC1CCCN1.Cl. The van der Waals surface area contributed by atoms with E-state index >= 15 is 0 Å². The van der Waals surface area contributed by atoms with Crippen molar-refractivity contribution in [1.29, 1.82) is 0 Å². The van der Waals surface area contributed by atoms with Crippen LogP contribution in [0, 0.1) is 5.41 Å². The number of halogens is 1. The molecule has 5 nitrogen and oxygen atoms in total. The second-order valence-electron chi connectivity index (χ2n) is 5.98. The van der Waals surface area contributed by atoms with Crippen molar-refractivity contribution in [2.24, 2.45) is 5.41 Å². The molecule has 1 heterocycles. The Labute approximate surface area is 121 Å². The largest absolute Gasteiger partial charge is 0.353 e. The lowest BCUT2D eigenvalue weighted by molar-refractivity contribution is -0.133. The highest BCUT2D eigenvalue weighted by molar-refractivity contribution is 5.89. The van der Waals surface area contributed by atoms with E-state index in [9.17, 15) is 9.59 Å². The summed E-state index contributed by atoms with van der Waals surface area (Å²) in [6.45, 7) is 8.85. The summed E-state index contributed by atoms with van der Waals surface area (Å²) in [5.74, 6) is -0.231. The highest BCUT2D eigenvalue weighted by Gasteiger charge is 2.25. The van der Waals surface area contributed by atoms with E-state index in [1.165, 1.54) is 0 Å². The molecule has 1 aliphatic heterocycles. The minimum atomic E-state index is -0.488. The first-order chi connectivity index (χ1) is 8.30. The molecule has 1 rings (SSSR count). The first kappa shape index (κ1) is 18.2. The Balaban J connectivity index is 0.00000324. The third kappa shape index (κ3) is 6.25. The van der Waals surface area contributed by atoms with Gasteiger partial charge in [0.1, 0.15) is 6.04 Å². The zero-order valence-corrected chi connectivity index (χ0v) is 13.0. The Morgan fingerprint density at radius 3 is 2.47 bits per heavy atom. The molecular formula is C13H26ClN3O2. The Hall–Kier alpha value is -0.810. The summed E-state index contributed by atoms with van der Waals surface area (Å²) in [5.41, 5.74) is -0.471. The average molecular weight is 292 g/mol. The van der Waals surface area contributed by atoms with E-state index in [1.807, 2.05) is 20.8 Å². The van der Waals surface area contributed by atoms with Crippen molar-refractivity contribution < 1.29 is 9.59 Å². The number of hydrogen-bond acceptors (Lipinski definition) is 3. The molecule has 0 bridgehead atoms. The molecule has 0 aliphatic carbocycles. The Bertz CT molecular complexity index is 310. The van der Waals surface area contributed by atoms with Crippen molar-refractivity contribution in [3.05, 3.63) is 0 Å². The lowest BCUT2D eigenvalue weighted by Gasteiger charge is -2.22. The number of rotatable bonds is 4. The van der Waals surface area contributed by atoms with Crippen molar-refractivity contribution in [1.82, 2.24) is 16.0 Å². The van der Waals surface area contributed by atoms with Crippen LogP contribution in [0.25, 0.3) is 0 Å². The van der Waals surface area contributed by atoms with Gasteiger partial charge in [-0.25, -0.2) is 0 Å². The highest BCUT2D eigenvalue weighted by atomic mass is 35.5. The molecule has 2 unspecified atom stereocenters. The van der Waals surface area contributed by atoms with Crippen molar-refractivity contribution in [2.75, 3.05) is 13.1 Å². The van der Waals surface area contributed by atoms with Gasteiger partial charge in [-0.15, -0.1) is 12.4 Å². The third-order valence-corrected chi connectivity index (χ3v) is 3.11. The van der Waals surface area contributed by atoms with Crippen LogP contribution in [0.1, 0.15) is 40.5 Å². The van der Waals surface area contributed by atoms with Crippen molar-refractivity contribution in [3.8, 4) is 0 Å². The number of carbonyl (C=O) groups is 2. The highest BCUT2D eigenvalue weighted by Crippen LogP contribution is 2.12. The first-order valence-electron chi connectivity index (χ1n) is 6.63. The molecule has 3 N–H and O–H groups in total. The minimum Gasteiger partial charge on any atom is -0.353 e. The van der Waals surface area contributed by atoms with Gasteiger partial charge in [0, 0.05) is 18.0 Å². The molecular weight excluding hydrogens is 266 g/mol. The molecule has 2 amide bonds. The lowest BCUT2D eigenvalue weighted by atomic mass is 9.95. The molecule has 0 aromatic rings. The van der Waals surface area contributed by atoms with Gasteiger partial charge in [-0.2, -0.15) is 0 Å². The quantitative estimate of drug-likeness (QED) is 0.718. The summed E-state index contributed by atoms with van der Waals surface area (Å²) >= 11 is 0. The fourth-order valence-electron chi connectivity index (χ4n) is 1.79. The summed E-state index contributed by atoms with van der Waals surface area (Å²) < 4.78 is 0. The van der Waals surface area contributed by atoms with Gasteiger partial charge in [-0.1, -0.05) is 20.8 Å². The second kappa shape index (κ2) is 7.70. The summed E-state index contributed by atoms with van der Waals surface area (Å²) in [6.07, 6.45) is 2.26. The second-order valence-corrected chi connectivity index (χ2v) is 5.98. The van der Waals surface area contributed by atoms with Crippen LogP contribution in [-0.2, 0) is 9.59 Å². The van der Waals surface area contributed by atoms with Crippen molar-refractivity contribution >= 4 is 24.2 Å².